The lowest BCUT2D eigenvalue weighted by Gasteiger charge is -2.18. The summed E-state index contributed by atoms with van der Waals surface area (Å²) in [6.45, 7) is 5.75. The summed E-state index contributed by atoms with van der Waals surface area (Å²) in [7, 11) is 1.63. The molecule has 1 aromatic carbocycles. The van der Waals surface area contributed by atoms with Crippen LogP contribution in [-0.2, 0) is 11.2 Å². The average Bonchev–Trinajstić information content (AvgIpc) is 2.92. The van der Waals surface area contributed by atoms with Crippen molar-refractivity contribution in [3.05, 3.63) is 41.0 Å². The molecule has 0 spiro atoms. The molecule has 0 aliphatic carbocycles. The van der Waals surface area contributed by atoms with Gasteiger partial charge in [0.15, 0.2) is 5.82 Å². The first-order valence-electron chi connectivity index (χ1n) is 7.72. The molecule has 23 heavy (non-hydrogen) atoms. The van der Waals surface area contributed by atoms with E-state index in [1.807, 2.05) is 32.0 Å². The molecule has 2 aromatic rings. The summed E-state index contributed by atoms with van der Waals surface area (Å²) >= 11 is 0. The second-order valence-electron chi connectivity index (χ2n) is 5.62. The lowest BCUT2D eigenvalue weighted by Crippen LogP contribution is -2.26. The normalized spacial score (nSPS) is 12.0. The molecule has 6 nitrogen and oxygen atoms in total. The van der Waals surface area contributed by atoms with Crippen molar-refractivity contribution in [1.29, 1.82) is 0 Å². The molecule has 0 saturated heterocycles. The summed E-state index contributed by atoms with van der Waals surface area (Å²) in [5, 5.41) is 6.73. The van der Waals surface area contributed by atoms with Crippen molar-refractivity contribution < 1.29 is 14.1 Å². The van der Waals surface area contributed by atoms with Crippen LogP contribution in [0.4, 0.5) is 0 Å². The van der Waals surface area contributed by atoms with Crippen molar-refractivity contribution in [2.24, 2.45) is 0 Å². The Kier molecular flexibility index (Phi) is 5.73. The molecule has 0 aliphatic rings. The molecule has 0 saturated carbocycles. The number of rotatable bonds is 7. The smallest absolute Gasteiger partial charge is 0.226 e. The number of hydrogen-bond donors (Lipinski definition) is 1. The standard InChI is InChI=1S/C17H23N3O3/c1-11-8-9-15(22-4)14(10-11)12(2)18-16(21)6-5-7-17-19-13(3)20-23-17/h8-10,12H,5-7H2,1-4H3,(H,18,21)/t12-/m1/s1. The Morgan fingerprint density at radius 3 is 2.83 bits per heavy atom. The van der Waals surface area contributed by atoms with Gasteiger partial charge in [-0.1, -0.05) is 22.9 Å². The quantitative estimate of drug-likeness (QED) is 0.849. The average molecular weight is 317 g/mol. The maximum absolute atomic E-state index is 12.1. The van der Waals surface area contributed by atoms with E-state index in [0.29, 0.717) is 31.0 Å². The first kappa shape index (κ1) is 17.0. The summed E-state index contributed by atoms with van der Waals surface area (Å²) in [6.07, 6.45) is 1.70. The Labute approximate surface area is 136 Å². The van der Waals surface area contributed by atoms with Crippen molar-refractivity contribution in [2.45, 2.75) is 46.1 Å². The van der Waals surface area contributed by atoms with E-state index < -0.39 is 0 Å². The molecular weight excluding hydrogens is 294 g/mol. The van der Waals surface area contributed by atoms with Crippen LogP contribution in [0.2, 0.25) is 0 Å². The monoisotopic (exact) mass is 317 g/mol. The predicted molar refractivity (Wildman–Crippen MR) is 86.3 cm³/mol. The van der Waals surface area contributed by atoms with E-state index in [9.17, 15) is 4.79 Å². The number of ether oxygens (including phenoxy) is 1. The van der Waals surface area contributed by atoms with Gasteiger partial charge in [-0.3, -0.25) is 4.79 Å². The van der Waals surface area contributed by atoms with Crippen molar-refractivity contribution in [1.82, 2.24) is 15.5 Å². The van der Waals surface area contributed by atoms with Gasteiger partial charge in [-0.05, 0) is 33.3 Å². The van der Waals surface area contributed by atoms with Crippen molar-refractivity contribution in [3.63, 3.8) is 0 Å². The Bertz CT molecular complexity index is 667. The molecule has 1 atom stereocenters. The molecule has 1 heterocycles. The van der Waals surface area contributed by atoms with E-state index in [2.05, 4.69) is 15.5 Å². The number of carbonyl (C=O) groups is 1. The Balaban J connectivity index is 1.86. The molecule has 0 aliphatic heterocycles. The zero-order valence-electron chi connectivity index (χ0n) is 14.0. The number of nitrogens with zero attached hydrogens (tertiary/aromatic N) is 2. The van der Waals surface area contributed by atoms with Crippen molar-refractivity contribution in [2.75, 3.05) is 7.11 Å². The molecule has 124 valence electrons. The van der Waals surface area contributed by atoms with E-state index >= 15 is 0 Å². The van der Waals surface area contributed by atoms with Crippen molar-refractivity contribution >= 4 is 5.91 Å². The molecule has 2 rings (SSSR count). The highest BCUT2D eigenvalue weighted by Gasteiger charge is 2.14. The highest BCUT2D eigenvalue weighted by atomic mass is 16.5. The van der Waals surface area contributed by atoms with Crippen LogP contribution in [-0.4, -0.2) is 23.2 Å². The van der Waals surface area contributed by atoms with Gasteiger partial charge in [0.25, 0.3) is 0 Å². The van der Waals surface area contributed by atoms with Gasteiger partial charge in [0, 0.05) is 18.4 Å². The van der Waals surface area contributed by atoms with Gasteiger partial charge in [0.2, 0.25) is 11.8 Å². The van der Waals surface area contributed by atoms with Crippen LogP contribution in [0.1, 0.15) is 48.6 Å². The molecule has 0 unspecified atom stereocenters. The second kappa shape index (κ2) is 7.76. The largest absolute Gasteiger partial charge is 0.496 e. The maximum Gasteiger partial charge on any atom is 0.226 e. The SMILES string of the molecule is COc1ccc(C)cc1[C@@H](C)NC(=O)CCCc1nc(C)no1. The first-order valence-corrected chi connectivity index (χ1v) is 7.72. The number of aromatic nitrogens is 2. The van der Waals surface area contributed by atoms with E-state index in [1.165, 1.54) is 0 Å². The zero-order valence-corrected chi connectivity index (χ0v) is 14.0. The van der Waals surface area contributed by atoms with Gasteiger partial charge < -0.3 is 14.6 Å². The molecule has 0 fully saturated rings. The van der Waals surface area contributed by atoms with Gasteiger partial charge in [0.05, 0.1) is 13.2 Å². The number of amides is 1. The predicted octanol–water partition coefficient (Wildman–Crippen LogP) is 2.90. The second-order valence-corrected chi connectivity index (χ2v) is 5.62. The fourth-order valence-electron chi connectivity index (χ4n) is 2.43. The maximum atomic E-state index is 12.1. The molecular formula is C17H23N3O3. The highest BCUT2D eigenvalue weighted by molar-refractivity contribution is 5.76. The Hall–Kier alpha value is -2.37. The van der Waals surface area contributed by atoms with E-state index in [0.717, 1.165) is 16.9 Å². The Morgan fingerprint density at radius 2 is 2.17 bits per heavy atom. The highest BCUT2D eigenvalue weighted by Crippen LogP contribution is 2.26. The van der Waals surface area contributed by atoms with E-state index in [-0.39, 0.29) is 11.9 Å². The lowest BCUT2D eigenvalue weighted by atomic mass is 10.0. The van der Waals surface area contributed by atoms with Gasteiger partial charge in [-0.25, -0.2) is 0 Å². The van der Waals surface area contributed by atoms with Crippen LogP contribution in [0.5, 0.6) is 5.75 Å². The van der Waals surface area contributed by atoms with Crippen LogP contribution in [0.25, 0.3) is 0 Å². The minimum atomic E-state index is -0.108. The van der Waals surface area contributed by atoms with Crippen molar-refractivity contribution in [3.8, 4) is 5.75 Å². The zero-order chi connectivity index (χ0) is 16.8. The first-order chi connectivity index (χ1) is 11.0. The summed E-state index contributed by atoms with van der Waals surface area (Å²) in [5.41, 5.74) is 2.11. The number of nitrogens with one attached hydrogen (secondary N) is 1. The third-order valence-electron chi connectivity index (χ3n) is 3.59. The van der Waals surface area contributed by atoms with Crippen LogP contribution < -0.4 is 10.1 Å². The molecule has 6 heteroatoms. The van der Waals surface area contributed by atoms with Gasteiger partial charge in [-0.2, -0.15) is 4.98 Å². The van der Waals surface area contributed by atoms with Crippen LogP contribution >= 0.6 is 0 Å². The van der Waals surface area contributed by atoms with Gasteiger partial charge >= 0.3 is 0 Å². The number of hydrogen-bond acceptors (Lipinski definition) is 5. The number of methoxy groups -OCH3 is 1. The third-order valence-corrected chi connectivity index (χ3v) is 3.59. The molecule has 1 aromatic heterocycles. The topological polar surface area (TPSA) is 77.2 Å². The summed E-state index contributed by atoms with van der Waals surface area (Å²) < 4.78 is 10.4. The fraction of sp³-hybridized carbons (Fsp3) is 0.471. The summed E-state index contributed by atoms with van der Waals surface area (Å²) in [6, 6.07) is 5.84. The number of aryl methyl sites for hydroxylation is 3. The Morgan fingerprint density at radius 1 is 1.39 bits per heavy atom. The fourth-order valence-corrected chi connectivity index (χ4v) is 2.43. The molecule has 1 N–H and O–H groups in total. The molecule has 1 amide bonds. The van der Waals surface area contributed by atoms with Gasteiger partial charge in [-0.15, -0.1) is 0 Å². The third kappa shape index (κ3) is 4.81. The van der Waals surface area contributed by atoms with E-state index in [1.54, 1.807) is 14.0 Å². The summed E-state index contributed by atoms with van der Waals surface area (Å²) in [5.74, 6) is 1.97. The van der Waals surface area contributed by atoms with Crippen LogP contribution in [0.15, 0.2) is 22.7 Å². The number of benzene rings is 1. The minimum Gasteiger partial charge on any atom is -0.496 e. The number of carbonyl (C=O) groups excluding carboxylic acids is 1. The van der Waals surface area contributed by atoms with Crippen LogP contribution in [0, 0.1) is 13.8 Å². The van der Waals surface area contributed by atoms with Gasteiger partial charge in [0.1, 0.15) is 5.75 Å². The molecule has 0 bridgehead atoms. The molecule has 0 radical (unpaired) electrons. The lowest BCUT2D eigenvalue weighted by molar-refractivity contribution is -0.121. The summed E-state index contributed by atoms with van der Waals surface area (Å²) in [4.78, 5) is 16.2. The minimum absolute atomic E-state index is 0.00250. The van der Waals surface area contributed by atoms with E-state index in [4.69, 9.17) is 9.26 Å². The van der Waals surface area contributed by atoms with Crippen LogP contribution in [0.3, 0.4) is 0 Å².